The topological polar surface area (TPSA) is 62.6 Å². The van der Waals surface area contributed by atoms with Gasteiger partial charge in [0.1, 0.15) is 5.75 Å². The SMILES string of the molecule is COc1cccc(-n2ccnc2N2CCN(CC(=O)Nc3ccc(Br)cc3)CC2)c1. The van der Waals surface area contributed by atoms with Crippen molar-refractivity contribution in [3.8, 4) is 11.4 Å². The number of aromatic nitrogens is 2. The smallest absolute Gasteiger partial charge is 0.238 e. The van der Waals surface area contributed by atoms with Crippen molar-refractivity contribution < 1.29 is 9.53 Å². The molecule has 1 fully saturated rings. The summed E-state index contributed by atoms with van der Waals surface area (Å²) >= 11 is 3.40. The normalized spacial score (nSPS) is 14.5. The number of imidazole rings is 1. The number of hydrogen-bond donors (Lipinski definition) is 1. The van der Waals surface area contributed by atoms with Crippen molar-refractivity contribution in [3.63, 3.8) is 0 Å². The third-order valence-electron chi connectivity index (χ3n) is 5.10. The number of hydrogen-bond acceptors (Lipinski definition) is 5. The van der Waals surface area contributed by atoms with E-state index < -0.39 is 0 Å². The number of nitrogens with one attached hydrogen (secondary N) is 1. The lowest BCUT2D eigenvalue weighted by Gasteiger charge is -2.35. The second-order valence-corrected chi connectivity index (χ2v) is 8.03. The predicted molar refractivity (Wildman–Crippen MR) is 122 cm³/mol. The number of amides is 1. The Bertz CT molecular complexity index is 997. The average Bonchev–Trinajstić information content (AvgIpc) is 3.26. The van der Waals surface area contributed by atoms with Gasteiger partial charge in [-0.3, -0.25) is 14.3 Å². The molecule has 1 saturated heterocycles. The zero-order valence-corrected chi connectivity index (χ0v) is 18.4. The molecule has 0 atom stereocenters. The van der Waals surface area contributed by atoms with Crippen LogP contribution in [0.2, 0.25) is 0 Å². The molecule has 0 aliphatic carbocycles. The molecular weight excluding hydrogens is 446 g/mol. The molecule has 0 bridgehead atoms. The van der Waals surface area contributed by atoms with Gasteiger partial charge in [0.25, 0.3) is 0 Å². The first kappa shape index (κ1) is 20.4. The maximum Gasteiger partial charge on any atom is 0.238 e. The van der Waals surface area contributed by atoms with E-state index in [0.29, 0.717) is 6.54 Å². The number of nitrogens with zero attached hydrogens (tertiary/aromatic N) is 4. The van der Waals surface area contributed by atoms with Crippen LogP contribution in [0.25, 0.3) is 5.69 Å². The van der Waals surface area contributed by atoms with Gasteiger partial charge in [-0.25, -0.2) is 4.98 Å². The predicted octanol–water partition coefficient (Wildman–Crippen LogP) is 3.40. The molecule has 0 radical (unpaired) electrons. The van der Waals surface area contributed by atoms with E-state index in [0.717, 1.165) is 53.7 Å². The average molecular weight is 470 g/mol. The third-order valence-corrected chi connectivity index (χ3v) is 5.63. The van der Waals surface area contributed by atoms with Crippen molar-refractivity contribution in [2.75, 3.05) is 50.1 Å². The summed E-state index contributed by atoms with van der Waals surface area (Å²) in [6.07, 6.45) is 3.77. The maximum atomic E-state index is 12.4. The van der Waals surface area contributed by atoms with Gasteiger partial charge in [-0.1, -0.05) is 22.0 Å². The molecule has 2 aromatic carbocycles. The fourth-order valence-corrected chi connectivity index (χ4v) is 3.80. The van der Waals surface area contributed by atoms with Crippen molar-refractivity contribution in [2.45, 2.75) is 0 Å². The minimum absolute atomic E-state index is 0.00338. The molecule has 1 aliphatic heterocycles. The summed E-state index contributed by atoms with van der Waals surface area (Å²) in [4.78, 5) is 21.4. The van der Waals surface area contributed by atoms with Crippen LogP contribution in [0.15, 0.2) is 65.4 Å². The number of anilines is 2. The molecular formula is C22H24BrN5O2. The summed E-state index contributed by atoms with van der Waals surface area (Å²) in [6.45, 7) is 3.62. The van der Waals surface area contributed by atoms with Crippen LogP contribution in [-0.4, -0.2) is 60.2 Å². The lowest BCUT2D eigenvalue weighted by Crippen LogP contribution is -2.49. The van der Waals surface area contributed by atoms with Crippen LogP contribution < -0.4 is 15.0 Å². The molecule has 1 N–H and O–H groups in total. The molecule has 4 rings (SSSR count). The molecule has 1 aliphatic rings. The standard InChI is InChI=1S/C22H24BrN5O2/c1-30-20-4-2-3-19(15-20)28-10-9-24-22(28)27-13-11-26(12-14-27)16-21(29)25-18-7-5-17(23)6-8-18/h2-10,15H,11-14,16H2,1H3,(H,25,29). The molecule has 1 aromatic heterocycles. The Morgan fingerprint density at radius 3 is 2.63 bits per heavy atom. The highest BCUT2D eigenvalue weighted by atomic mass is 79.9. The van der Waals surface area contributed by atoms with Gasteiger partial charge in [0.05, 0.1) is 19.3 Å². The van der Waals surface area contributed by atoms with Crippen LogP contribution in [0.4, 0.5) is 11.6 Å². The summed E-state index contributed by atoms with van der Waals surface area (Å²) in [5, 5.41) is 2.95. The van der Waals surface area contributed by atoms with E-state index in [1.54, 1.807) is 7.11 Å². The molecule has 30 heavy (non-hydrogen) atoms. The van der Waals surface area contributed by atoms with Gasteiger partial charge in [-0.05, 0) is 36.4 Å². The Hall–Kier alpha value is -2.84. The van der Waals surface area contributed by atoms with E-state index in [4.69, 9.17) is 4.74 Å². The van der Waals surface area contributed by atoms with Crippen molar-refractivity contribution in [3.05, 3.63) is 65.4 Å². The summed E-state index contributed by atoms with van der Waals surface area (Å²) in [5.74, 6) is 1.72. The first-order valence-corrected chi connectivity index (χ1v) is 10.6. The minimum atomic E-state index is 0.00338. The Morgan fingerprint density at radius 1 is 1.13 bits per heavy atom. The van der Waals surface area contributed by atoms with E-state index in [9.17, 15) is 4.79 Å². The molecule has 3 aromatic rings. The highest BCUT2D eigenvalue weighted by Gasteiger charge is 2.22. The fourth-order valence-electron chi connectivity index (χ4n) is 3.53. The molecule has 2 heterocycles. The highest BCUT2D eigenvalue weighted by Crippen LogP contribution is 2.23. The Kier molecular flexibility index (Phi) is 6.35. The van der Waals surface area contributed by atoms with Crippen molar-refractivity contribution in [1.29, 1.82) is 0 Å². The van der Waals surface area contributed by atoms with E-state index in [1.165, 1.54) is 0 Å². The zero-order valence-electron chi connectivity index (χ0n) is 16.8. The van der Waals surface area contributed by atoms with E-state index in [2.05, 4.69) is 40.6 Å². The van der Waals surface area contributed by atoms with Gasteiger partial charge >= 0.3 is 0 Å². The Balaban J connectivity index is 1.34. The Labute approximate surface area is 184 Å². The van der Waals surface area contributed by atoms with Crippen LogP contribution >= 0.6 is 15.9 Å². The van der Waals surface area contributed by atoms with Gasteiger partial charge in [-0.15, -0.1) is 0 Å². The van der Waals surface area contributed by atoms with Gasteiger partial charge in [0.2, 0.25) is 11.9 Å². The van der Waals surface area contributed by atoms with Gasteiger partial charge < -0.3 is 15.0 Å². The summed E-state index contributed by atoms with van der Waals surface area (Å²) in [5.41, 5.74) is 1.82. The van der Waals surface area contributed by atoms with Crippen molar-refractivity contribution in [1.82, 2.24) is 14.5 Å². The molecule has 8 heteroatoms. The minimum Gasteiger partial charge on any atom is -0.497 e. The van der Waals surface area contributed by atoms with Crippen LogP contribution in [0.3, 0.4) is 0 Å². The summed E-state index contributed by atoms with van der Waals surface area (Å²) in [7, 11) is 1.67. The van der Waals surface area contributed by atoms with Gasteiger partial charge in [0, 0.05) is 54.8 Å². The number of rotatable bonds is 6. The fraction of sp³-hybridized carbons (Fsp3) is 0.273. The number of carbonyl (C=O) groups excluding carboxylic acids is 1. The maximum absolute atomic E-state index is 12.4. The second-order valence-electron chi connectivity index (χ2n) is 7.12. The monoisotopic (exact) mass is 469 g/mol. The van der Waals surface area contributed by atoms with E-state index in [1.807, 2.05) is 60.9 Å². The zero-order chi connectivity index (χ0) is 20.9. The number of piperazine rings is 1. The van der Waals surface area contributed by atoms with Crippen LogP contribution in [-0.2, 0) is 4.79 Å². The van der Waals surface area contributed by atoms with Crippen LogP contribution in [0, 0.1) is 0 Å². The number of benzene rings is 2. The largest absolute Gasteiger partial charge is 0.497 e. The van der Waals surface area contributed by atoms with E-state index in [-0.39, 0.29) is 5.91 Å². The lowest BCUT2D eigenvalue weighted by atomic mass is 10.3. The summed E-state index contributed by atoms with van der Waals surface area (Å²) < 4.78 is 8.40. The van der Waals surface area contributed by atoms with E-state index >= 15 is 0 Å². The Morgan fingerprint density at radius 2 is 1.90 bits per heavy atom. The summed E-state index contributed by atoms with van der Waals surface area (Å²) in [6, 6.07) is 15.5. The first-order chi connectivity index (χ1) is 14.6. The molecule has 156 valence electrons. The number of ether oxygens (including phenoxy) is 1. The van der Waals surface area contributed by atoms with Gasteiger partial charge in [0.15, 0.2) is 0 Å². The van der Waals surface area contributed by atoms with Crippen molar-refractivity contribution in [2.24, 2.45) is 0 Å². The van der Waals surface area contributed by atoms with Crippen LogP contribution in [0.5, 0.6) is 5.75 Å². The van der Waals surface area contributed by atoms with Crippen LogP contribution in [0.1, 0.15) is 0 Å². The number of halogens is 1. The molecule has 0 saturated carbocycles. The second kappa shape index (κ2) is 9.32. The highest BCUT2D eigenvalue weighted by molar-refractivity contribution is 9.10. The van der Waals surface area contributed by atoms with Gasteiger partial charge in [-0.2, -0.15) is 0 Å². The third kappa shape index (κ3) is 4.83. The molecule has 0 unspecified atom stereocenters. The lowest BCUT2D eigenvalue weighted by molar-refractivity contribution is -0.117. The first-order valence-electron chi connectivity index (χ1n) is 9.83. The number of methoxy groups -OCH3 is 1. The number of carbonyl (C=O) groups is 1. The van der Waals surface area contributed by atoms with Crippen molar-refractivity contribution >= 4 is 33.5 Å². The molecule has 7 nitrogen and oxygen atoms in total. The molecule has 0 spiro atoms. The molecule has 1 amide bonds. The quantitative estimate of drug-likeness (QED) is 0.599.